The number of nitrogens with one attached hydrogen (secondary N) is 1. The second kappa shape index (κ2) is 3.88. The normalized spacial score (nSPS) is 15.9. The molecule has 2 rings (SSSR count). The second-order valence-corrected chi connectivity index (χ2v) is 3.75. The van der Waals surface area contributed by atoms with Crippen molar-refractivity contribution in [3.63, 3.8) is 0 Å². The van der Waals surface area contributed by atoms with Crippen LogP contribution in [0.1, 0.15) is 18.5 Å². The van der Waals surface area contributed by atoms with Gasteiger partial charge in [-0.1, -0.05) is 0 Å². The number of pyridine rings is 1. The Bertz CT molecular complexity index is 389. The molecule has 15 heavy (non-hydrogen) atoms. The number of hydrogen-bond acceptors (Lipinski definition) is 3. The highest BCUT2D eigenvalue weighted by atomic mass is 16.2. The molecule has 1 fully saturated rings. The molecule has 1 aliphatic heterocycles. The van der Waals surface area contributed by atoms with Gasteiger partial charge in [0.1, 0.15) is 5.82 Å². The van der Waals surface area contributed by atoms with Gasteiger partial charge in [-0.2, -0.15) is 0 Å². The average molecular weight is 205 g/mol. The number of carbonyl (C=O) groups excluding carboxylic acids is 1. The van der Waals surface area contributed by atoms with Crippen LogP contribution >= 0.6 is 0 Å². The summed E-state index contributed by atoms with van der Waals surface area (Å²) in [5, 5.41) is 3.07. The topological polar surface area (TPSA) is 45.2 Å². The molecule has 0 spiro atoms. The molecule has 0 saturated carbocycles. The Labute approximate surface area is 89.3 Å². The molecule has 4 nitrogen and oxygen atoms in total. The number of aryl methyl sites for hydroxylation is 1. The van der Waals surface area contributed by atoms with Gasteiger partial charge in [0, 0.05) is 37.5 Å². The molecule has 1 saturated heterocycles. The first-order valence-electron chi connectivity index (χ1n) is 5.17. The molecular weight excluding hydrogens is 190 g/mol. The monoisotopic (exact) mass is 205 g/mol. The average Bonchev–Trinajstić information content (AvgIpc) is 2.63. The largest absolute Gasteiger partial charge is 0.388 e. The quantitative estimate of drug-likeness (QED) is 0.797. The Morgan fingerprint density at radius 1 is 1.47 bits per heavy atom. The molecular formula is C11H15N3O. The molecule has 1 aliphatic rings. The summed E-state index contributed by atoms with van der Waals surface area (Å²) >= 11 is 0. The van der Waals surface area contributed by atoms with Crippen LogP contribution in [0, 0.1) is 6.92 Å². The molecule has 0 radical (unpaired) electrons. The summed E-state index contributed by atoms with van der Waals surface area (Å²) in [6.07, 6.45) is 1.58. The molecule has 4 heteroatoms. The van der Waals surface area contributed by atoms with Crippen LogP contribution < -0.4 is 10.2 Å². The second-order valence-electron chi connectivity index (χ2n) is 3.75. The van der Waals surface area contributed by atoms with Crippen molar-refractivity contribution in [3.05, 3.63) is 17.8 Å². The first kappa shape index (κ1) is 9.96. The molecule has 0 aliphatic carbocycles. The standard InChI is InChI=1S/C11H15N3O/c1-8-6-9(12-2)7-10(13-8)14-5-3-4-11(14)15/h6-7H,3-5H2,1-2H3,(H,12,13). The Balaban J connectivity index is 2.34. The molecule has 0 aromatic carbocycles. The molecule has 0 unspecified atom stereocenters. The van der Waals surface area contributed by atoms with Crippen LogP contribution in [0.25, 0.3) is 0 Å². The van der Waals surface area contributed by atoms with Gasteiger partial charge < -0.3 is 5.32 Å². The third kappa shape index (κ3) is 1.93. The number of nitrogens with zero attached hydrogens (tertiary/aromatic N) is 2. The van der Waals surface area contributed by atoms with Gasteiger partial charge in [0.2, 0.25) is 5.91 Å². The van der Waals surface area contributed by atoms with Crippen molar-refractivity contribution in [2.45, 2.75) is 19.8 Å². The van der Waals surface area contributed by atoms with Crippen LogP contribution in [0.3, 0.4) is 0 Å². The van der Waals surface area contributed by atoms with Crippen molar-refractivity contribution in [3.8, 4) is 0 Å². The van der Waals surface area contributed by atoms with Crippen molar-refractivity contribution < 1.29 is 4.79 Å². The molecule has 80 valence electrons. The zero-order chi connectivity index (χ0) is 10.8. The summed E-state index contributed by atoms with van der Waals surface area (Å²) in [5.74, 6) is 0.942. The predicted octanol–water partition coefficient (Wildman–Crippen LogP) is 1.56. The van der Waals surface area contributed by atoms with Gasteiger partial charge in [-0.05, 0) is 19.4 Å². The Morgan fingerprint density at radius 2 is 2.27 bits per heavy atom. The minimum absolute atomic E-state index is 0.176. The minimum Gasteiger partial charge on any atom is -0.388 e. The van der Waals surface area contributed by atoms with Crippen molar-refractivity contribution in [1.29, 1.82) is 0 Å². The van der Waals surface area contributed by atoms with E-state index in [4.69, 9.17) is 0 Å². The van der Waals surface area contributed by atoms with Crippen molar-refractivity contribution >= 4 is 17.4 Å². The predicted molar refractivity (Wildman–Crippen MR) is 60.1 cm³/mol. The van der Waals surface area contributed by atoms with E-state index in [9.17, 15) is 4.79 Å². The van der Waals surface area contributed by atoms with E-state index < -0.39 is 0 Å². The maximum Gasteiger partial charge on any atom is 0.228 e. The number of carbonyl (C=O) groups is 1. The SMILES string of the molecule is CNc1cc(C)nc(N2CCCC2=O)c1. The minimum atomic E-state index is 0.176. The van der Waals surface area contributed by atoms with Crippen LogP contribution in [0.15, 0.2) is 12.1 Å². The number of hydrogen-bond donors (Lipinski definition) is 1. The van der Waals surface area contributed by atoms with E-state index in [0.29, 0.717) is 6.42 Å². The van der Waals surface area contributed by atoms with E-state index in [-0.39, 0.29) is 5.91 Å². The van der Waals surface area contributed by atoms with Crippen molar-refractivity contribution in [2.24, 2.45) is 0 Å². The fraction of sp³-hybridized carbons (Fsp3) is 0.455. The molecule has 0 bridgehead atoms. The summed E-state index contributed by atoms with van der Waals surface area (Å²) in [4.78, 5) is 17.7. The van der Waals surface area contributed by atoms with Crippen LogP contribution in [-0.4, -0.2) is 24.5 Å². The van der Waals surface area contributed by atoms with Crippen molar-refractivity contribution in [2.75, 3.05) is 23.8 Å². The third-order valence-corrected chi connectivity index (χ3v) is 2.58. The van der Waals surface area contributed by atoms with E-state index in [1.807, 2.05) is 26.1 Å². The third-order valence-electron chi connectivity index (χ3n) is 2.58. The Kier molecular flexibility index (Phi) is 2.58. The first-order chi connectivity index (χ1) is 7.20. The van der Waals surface area contributed by atoms with E-state index in [1.54, 1.807) is 4.90 Å². The van der Waals surface area contributed by atoms with Crippen LogP contribution in [0.4, 0.5) is 11.5 Å². The molecule has 0 atom stereocenters. The molecule has 1 N–H and O–H groups in total. The number of rotatable bonds is 2. The van der Waals surface area contributed by atoms with Crippen molar-refractivity contribution in [1.82, 2.24) is 4.98 Å². The van der Waals surface area contributed by atoms with Crippen LogP contribution in [-0.2, 0) is 4.79 Å². The Morgan fingerprint density at radius 3 is 2.87 bits per heavy atom. The lowest BCUT2D eigenvalue weighted by Gasteiger charge is -2.16. The van der Waals surface area contributed by atoms with Gasteiger partial charge in [0.25, 0.3) is 0 Å². The Hall–Kier alpha value is -1.58. The van der Waals surface area contributed by atoms with Gasteiger partial charge in [0.05, 0.1) is 0 Å². The summed E-state index contributed by atoms with van der Waals surface area (Å²) in [6, 6.07) is 3.88. The van der Waals surface area contributed by atoms with Crippen LogP contribution in [0.2, 0.25) is 0 Å². The lowest BCUT2D eigenvalue weighted by Crippen LogP contribution is -2.25. The van der Waals surface area contributed by atoms with E-state index in [1.165, 1.54) is 0 Å². The van der Waals surface area contributed by atoms with Crippen LogP contribution in [0.5, 0.6) is 0 Å². The maximum absolute atomic E-state index is 11.6. The fourth-order valence-corrected chi connectivity index (χ4v) is 1.82. The first-order valence-corrected chi connectivity index (χ1v) is 5.17. The van der Waals surface area contributed by atoms with E-state index in [2.05, 4.69) is 10.3 Å². The van der Waals surface area contributed by atoms with E-state index >= 15 is 0 Å². The number of anilines is 2. The van der Waals surface area contributed by atoms with Gasteiger partial charge in [-0.3, -0.25) is 9.69 Å². The van der Waals surface area contributed by atoms with Gasteiger partial charge in [0.15, 0.2) is 0 Å². The summed E-state index contributed by atoms with van der Waals surface area (Å²) in [7, 11) is 1.87. The fourth-order valence-electron chi connectivity index (χ4n) is 1.82. The highest BCUT2D eigenvalue weighted by molar-refractivity contribution is 5.94. The summed E-state index contributed by atoms with van der Waals surface area (Å²) in [5.41, 5.74) is 1.92. The lowest BCUT2D eigenvalue weighted by molar-refractivity contribution is -0.117. The van der Waals surface area contributed by atoms with Gasteiger partial charge in [-0.25, -0.2) is 4.98 Å². The van der Waals surface area contributed by atoms with Gasteiger partial charge in [-0.15, -0.1) is 0 Å². The number of amides is 1. The summed E-state index contributed by atoms with van der Waals surface area (Å²) in [6.45, 7) is 2.73. The summed E-state index contributed by atoms with van der Waals surface area (Å²) < 4.78 is 0. The molecule has 2 heterocycles. The molecule has 1 aromatic heterocycles. The number of aromatic nitrogens is 1. The highest BCUT2D eigenvalue weighted by Gasteiger charge is 2.22. The zero-order valence-electron chi connectivity index (χ0n) is 9.08. The van der Waals surface area contributed by atoms with E-state index in [0.717, 1.165) is 30.2 Å². The highest BCUT2D eigenvalue weighted by Crippen LogP contribution is 2.22. The van der Waals surface area contributed by atoms with Gasteiger partial charge >= 0.3 is 0 Å². The molecule has 1 amide bonds. The lowest BCUT2D eigenvalue weighted by atomic mass is 10.3. The smallest absolute Gasteiger partial charge is 0.228 e. The molecule has 1 aromatic rings. The maximum atomic E-state index is 11.6. The zero-order valence-corrected chi connectivity index (χ0v) is 9.08.